The molecule has 2 heterocycles. The molecular formula is C16H15N3O. The third-order valence-electron chi connectivity index (χ3n) is 3.35. The fourth-order valence-corrected chi connectivity index (χ4v) is 2.32. The van der Waals surface area contributed by atoms with E-state index in [4.69, 9.17) is 0 Å². The summed E-state index contributed by atoms with van der Waals surface area (Å²) in [6.07, 6.45) is 6.77. The van der Waals surface area contributed by atoms with Crippen LogP contribution in [0.4, 0.5) is 0 Å². The van der Waals surface area contributed by atoms with Crippen molar-refractivity contribution >= 4 is 28.5 Å². The molecule has 0 aliphatic carbocycles. The number of ketones is 1. The van der Waals surface area contributed by atoms with Crippen molar-refractivity contribution in [2.24, 2.45) is 4.99 Å². The molecule has 0 saturated heterocycles. The first-order valence-corrected chi connectivity index (χ1v) is 6.55. The summed E-state index contributed by atoms with van der Waals surface area (Å²) in [5.41, 5.74) is 4.49. The Morgan fingerprint density at radius 1 is 1.35 bits per heavy atom. The zero-order valence-electron chi connectivity index (χ0n) is 11.5. The highest BCUT2D eigenvalue weighted by atomic mass is 16.1. The van der Waals surface area contributed by atoms with Crippen LogP contribution in [0.15, 0.2) is 41.0 Å². The Hall–Kier alpha value is -2.49. The van der Waals surface area contributed by atoms with Gasteiger partial charge in [-0.25, -0.2) is 0 Å². The number of hydrogen-bond donors (Lipinski definition) is 1. The van der Waals surface area contributed by atoms with Gasteiger partial charge in [0.2, 0.25) is 0 Å². The van der Waals surface area contributed by atoms with Crippen molar-refractivity contribution in [1.82, 2.24) is 10.2 Å². The van der Waals surface area contributed by atoms with Gasteiger partial charge in [0.1, 0.15) is 0 Å². The van der Waals surface area contributed by atoms with E-state index in [0.29, 0.717) is 5.56 Å². The number of carbonyl (C=O) groups excluding carboxylic acids is 1. The fraction of sp³-hybridized carbons (Fsp3) is 0.188. The monoisotopic (exact) mass is 265 g/mol. The summed E-state index contributed by atoms with van der Waals surface area (Å²) in [5, 5.41) is 8.37. The van der Waals surface area contributed by atoms with Gasteiger partial charge >= 0.3 is 0 Å². The Kier molecular flexibility index (Phi) is 3.06. The van der Waals surface area contributed by atoms with Crippen LogP contribution in [0.2, 0.25) is 0 Å². The van der Waals surface area contributed by atoms with E-state index in [1.54, 1.807) is 6.92 Å². The zero-order chi connectivity index (χ0) is 14.1. The molecule has 0 fully saturated rings. The van der Waals surface area contributed by atoms with Crippen molar-refractivity contribution in [1.29, 1.82) is 0 Å². The smallest absolute Gasteiger partial charge is 0.159 e. The fourth-order valence-electron chi connectivity index (χ4n) is 2.32. The number of benzene rings is 1. The topological polar surface area (TPSA) is 58.1 Å². The number of nitrogens with one attached hydrogen (secondary N) is 1. The highest BCUT2D eigenvalue weighted by Crippen LogP contribution is 2.27. The number of aliphatic imine (C=N–C) groups is 1. The Labute approximate surface area is 116 Å². The van der Waals surface area contributed by atoms with Gasteiger partial charge in [-0.1, -0.05) is 6.08 Å². The molecule has 0 radical (unpaired) electrons. The van der Waals surface area contributed by atoms with Crippen molar-refractivity contribution in [2.45, 2.75) is 20.3 Å². The van der Waals surface area contributed by atoms with Gasteiger partial charge in [-0.05, 0) is 38.1 Å². The summed E-state index contributed by atoms with van der Waals surface area (Å²) >= 11 is 0. The van der Waals surface area contributed by atoms with Gasteiger partial charge < -0.3 is 0 Å². The Balaban J connectivity index is 2.17. The molecule has 4 nitrogen and oxygen atoms in total. The van der Waals surface area contributed by atoms with Crippen LogP contribution in [0.1, 0.15) is 36.3 Å². The molecule has 0 amide bonds. The molecular weight excluding hydrogens is 250 g/mol. The second-order valence-corrected chi connectivity index (χ2v) is 4.88. The molecule has 100 valence electrons. The van der Waals surface area contributed by atoms with Crippen LogP contribution in [-0.2, 0) is 0 Å². The van der Waals surface area contributed by atoms with E-state index in [1.165, 1.54) is 0 Å². The van der Waals surface area contributed by atoms with E-state index < -0.39 is 0 Å². The van der Waals surface area contributed by atoms with E-state index in [2.05, 4.69) is 21.3 Å². The number of aromatic nitrogens is 2. The van der Waals surface area contributed by atoms with Crippen LogP contribution in [0.3, 0.4) is 0 Å². The average Bonchev–Trinajstić information content (AvgIpc) is 2.73. The lowest BCUT2D eigenvalue weighted by atomic mass is 10.0. The highest BCUT2D eigenvalue weighted by molar-refractivity contribution is 6.01. The van der Waals surface area contributed by atoms with Crippen molar-refractivity contribution < 1.29 is 4.79 Å². The second kappa shape index (κ2) is 4.89. The van der Waals surface area contributed by atoms with E-state index in [1.807, 2.05) is 37.4 Å². The summed E-state index contributed by atoms with van der Waals surface area (Å²) in [7, 11) is 0. The number of allylic oxidation sites excluding steroid dienone is 4. The van der Waals surface area contributed by atoms with Crippen LogP contribution in [-0.4, -0.2) is 22.2 Å². The number of nitrogens with zero attached hydrogens (tertiary/aromatic N) is 2. The molecule has 2 aromatic rings. The maximum atomic E-state index is 11.5. The summed E-state index contributed by atoms with van der Waals surface area (Å²) in [5.74, 6) is 0.0592. The molecule has 1 N–H and O–H groups in total. The van der Waals surface area contributed by atoms with Crippen molar-refractivity contribution in [3.8, 4) is 0 Å². The maximum Gasteiger partial charge on any atom is 0.159 e. The lowest BCUT2D eigenvalue weighted by Gasteiger charge is -2.00. The minimum atomic E-state index is 0.0592. The van der Waals surface area contributed by atoms with Crippen LogP contribution in [0.5, 0.6) is 0 Å². The number of Topliss-reactive ketones (excluding diaryl/α,β-unsaturated/α-hetero) is 1. The van der Waals surface area contributed by atoms with Crippen molar-refractivity contribution in [3.63, 3.8) is 0 Å². The SMILES string of the molecule is CC(=O)c1ccc2[nH]nc(C3=CCC=NC(C)=C3)c2c1. The molecule has 0 unspecified atom stereocenters. The van der Waals surface area contributed by atoms with Gasteiger partial charge in [-0.3, -0.25) is 14.9 Å². The molecule has 1 aromatic heterocycles. The number of carbonyl (C=O) groups is 1. The predicted molar refractivity (Wildman–Crippen MR) is 80.9 cm³/mol. The third kappa shape index (κ3) is 2.20. The quantitative estimate of drug-likeness (QED) is 0.844. The first-order chi connectivity index (χ1) is 9.65. The van der Waals surface area contributed by atoms with Crippen molar-refractivity contribution in [2.75, 3.05) is 0 Å². The first-order valence-electron chi connectivity index (χ1n) is 6.55. The summed E-state index contributed by atoms with van der Waals surface area (Å²) in [4.78, 5) is 15.8. The van der Waals surface area contributed by atoms with Crippen LogP contribution >= 0.6 is 0 Å². The predicted octanol–water partition coefficient (Wildman–Crippen LogP) is 3.53. The van der Waals surface area contributed by atoms with Crippen molar-refractivity contribution in [3.05, 3.63) is 47.3 Å². The standard InChI is InChI=1S/C16H15N3O/c1-10-8-13(4-3-7-17-10)16-14-9-12(11(2)20)5-6-15(14)18-19-16/h4-9H,3H2,1-2H3,(H,18,19). The maximum absolute atomic E-state index is 11.5. The minimum Gasteiger partial charge on any atom is -0.295 e. The minimum absolute atomic E-state index is 0.0592. The highest BCUT2D eigenvalue weighted by Gasteiger charge is 2.12. The Bertz CT molecular complexity index is 778. The lowest BCUT2D eigenvalue weighted by Crippen LogP contribution is -1.91. The van der Waals surface area contributed by atoms with Gasteiger partial charge in [0.15, 0.2) is 5.78 Å². The number of H-pyrrole nitrogens is 1. The largest absolute Gasteiger partial charge is 0.295 e. The van der Waals surface area contributed by atoms with E-state index >= 15 is 0 Å². The lowest BCUT2D eigenvalue weighted by molar-refractivity contribution is 0.101. The molecule has 0 spiro atoms. The molecule has 1 aromatic carbocycles. The van der Waals surface area contributed by atoms with Crippen LogP contribution < -0.4 is 0 Å². The van der Waals surface area contributed by atoms with E-state index in [9.17, 15) is 4.79 Å². The van der Waals surface area contributed by atoms with Gasteiger partial charge in [0.25, 0.3) is 0 Å². The van der Waals surface area contributed by atoms with Gasteiger partial charge in [0.05, 0.1) is 11.2 Å². The molecule has 3 rings (SSSR count). The van der Waals surface area contributed by atoms with E-state index in [0.717, 1.165) is 34.3 Å². The number of aromatic amines is 1. The molecule has 0 atom stereocenters. The van der Waals surface area contributed by atoms with Crippen LogP contribution in [0.25, 0.3) is 16.5 Å². The normalized spacial score (nSPS) is 14.9. The third-order valence-corrected chi connectivity index (χ3v) is 3.35. The molecule has 1 aliphatic rings. The summed E-state index contributed by atoms with van der Waals surface area (Å²) < 4.78 is 0. The van der Waals surface area contributed by atoms with Crippen LogP contribution in [0, 0.1) is 0 Å². The number of fused-ring (bicyclic) bond motifs is 1. The van der Waals surface area contributed by atoms with Gasteiger partial charge in [-0.15, -0.1) is 0 Å². The number of rotatable bonds is 2. The number of hydrogen-bond acceptors (Lipinski definition) is 3. The summed E-state index contributed by atoms with van der Waals surface area (Å²) in [6, 6.07) is 5.61. The molecule has 0 saturated carbocycles. The molecule has 1 aliphatic heterocycles. The Morgan fingerprint density at radius 3 is 3.00 bits per heavy atom. The average molecular weight is 265 g/mol. The molecule has 4 heteroatoms. The molecule has 20 heavy (non-hydrogen) atoms. The summed E-state index contributed by atoms with van der Waals surface area (Å²) in [6.45, 7) is 3.54. The van der Waals surface area contributed by atoms with Gasteiger partial charge in [-0.2, -0.15) is 5.10 Å². The van der Waals surface area contributed by atoms with Gasteiger partial charge in [0, 0.05) is 34.9 Å². The zero-order valence-corrected chi connectivity index (χ0v) is 11.5. The second-order valence-electron chi connectivity index (χ2n) is 4.88. The molecule has 0 bridgehead atoms. The Morgan fingerprint density at radius 2 is 2.20 bits per heavy atom. The van der Waals surface area contributed by atoms with E-state index in [-0.39, 0.29) is 5.78 Å². The first kappa shape index (κ1) is 12.5.